The van der Waals surface area contributed by atoms with Crippen molar-refractivity contribution in [1.82, 2.24) is 10.2 Å². The molecule has 3 aromatic rings. The zero-order chi connectivity index (χ0) is 17.2. The van der Waals surface area contributed by atoms with E-state index in [2.05, 4.69) is 51.3 Å². The lowest BCUT2D eigenvalue weighted by Crippen LogP contribution is -2.38. The summed E-state index contributed by atoms with van der Waals surface area (Å²) >= 11 is 0. The monoisotopic (exact) mass is 331 g/mol. The first-order chi connectivity index (χ1) is 12.2. The lowest BCUT2D eigenvalue weighted by atomic mass is 10.1. The van der Waals surface area contributed by atoms with E-state index in [1.165, 1.54) is 11.4 Å². The van der Waals surface area contributed by atoms with Gasteiger partial charge in [0.05, 0.1) is 29.6 Å². The van der Waals surface area contributed by atoms with Crippen LogP contribution in [-0.2, 0) is 6.54 Å². The van der Waals surface area contributed by atoms with Gasteiger partial charge in [-0.15, -0.1) is 10.2 Å². The number of hydrogen-bond donors (Lipinski definition) is 0. The molecule has 0 saturated heterocycles. The second-order valence-electron chi connectivity index (χ2n) is 6.02. The summed E-state index contributed by atoms with van der Waals surface area (Å²) in [4.78, 5) is 4.51. The van der Waals surface area contributed by atoms with Crippen molar-refractivity contribution in [1.29, 1.82) is 5.26 Å². The molecule has 4 rings (SSSR count). The molecule has 25 heavy (non-hydrogen) atoms. The number of aromatic nitrogens is 2. The van der Waals surface area contributed by atoms with Crippen molar-refractivity contribution >= 4 is 11.4 Å². The van der Waals surface area contributed by atoms with Crippen LogP contribution in [-0.4, -0.2) is 30.3 Å². The molecule has 1 aromatic heterocycles. The topological polar surface area (TPSA) is 69.2 Å². The number of rotatable bonds is 3. The van der Waals surface area contributed by atoms with Gasteiger partial charge < -0.3 is 14.2 Å². The SMILES string of the molecule is CN1CCN(Cc2nnc(-c3ccc(C#N)cc3)o2)c2ccccc21. The van der Waals surface area contributed by atoms with E-state index in [4.69, 9.17) is 9.68 Å². The maximum atomic E-state index is 8.87. The molecule has 0 aliphatic carbocycles. The molecule has 0 amide bonds. The molecule has 0 spiro atoms. The fourth-order valence-corrected chi connectivity index (χ4v) is 3.01. The average Bonchev–Trinajstić information content (AvgIpc) is 3.13. The van der Waals surface area contributed by atoms with E-state index in [9.17, 15) is 0 Å². The highest BCUT2D eigenvalue weighted by molar-refractivity contribution is 5.73. The van der Waals surface area contributed by atoms with Crippen molar-refractivity contribution < 1.29 is 4.42 Å². The highest BCUT2D eigenvalue weighted by Gasteiger charge is 2.21. The molecular weight excluding hydrogens is 314 g/mol. The fourth-order valence-electron chi connectivity index (χ4n) is 3.01. The van der Waals surface area contributed by atoms with Crippen molar-refractivity contribution in [2.45, 2.75) is 6.54 Å². The molecule has 1 aliphatic heterocycles. The molecule has 6 nitrogen and oxygen atoms in total. The van der Waals surface area contributed by atoms with E-state index in [-0.39, 0.29) is 0 Å². The minimum Gasteiger partial charge on any atom is -0.419 e. The molecule has 0 unspecified atom stereocenters. The summed E-state index contributed by atoms with van der Waals surface area (Å²) in [6, 6.07) is 17.6. The van der Waals surface area contributed by atoms with Crippen molar-refractivity contribution in [2.24, 2.45) is 0 Å². The summed E-state index contributed by atoms with van der Waals surface area (Å²) in [6.45, 7) is 2.43. The maximum Gasteiger partial charge on any atom is 0.247 e. The van der Waals surface area contributed by atoms with Gasteiger partial charge in [-0.2, -0.15) is 5.26 Å². The summed E-state index contributed by atoms with van der Waals surface area (Å²) < 4.78 is 5.83. The smallest absolute Gasteiger partial charge is 0.247 e. The zero-order valence-electron chi connectivity index (χ0n) is 13.9. The van der Waals surface area contributed by atoms with Crippen LogP contribution in [0.5, 0.6) is 0 Å². The van der Waals surface area contributed by atoms with Gasteiger partial charge >= 0.3 is 0 Å². The van der Waals surface area contributed by atoms with Crippen molar-refractivity contribution in [3.8, 4) is 17.5 Å². The fraction of sp³-hybridized carbons (Fsp3) is 0.211. The number of para-hydroxylation sites is 2. The van der Waals surface area contributed by atoms with Crippen LogP contribution in [0.4, 0.5) is 11.4 Å². The lowest BCUT2D eigenvalue weighted by molar-refractivity contribution is 0.496. The minimum absolute atomic E-state index is 0.474. The van der Waals surface area contributed by atoms with Gasteiger partial charge in [0, 0.05) is 25.7 Å². The second-order valence-corrected chi connectivity index (χ2v) is 6.02. The third kappa shape index (κ3) is 2.92. The van der Waals surface area contributed by atoms with Gasteiger partial charge in [-0.3, -0.25) is 0 Å². The number of nitriles is 1. The molecule has 0 atom stereocenters. The van der Waals surface area contributed by atoms with Crippen molar-refractivity contribution in [2.75, 3.05) is 29.9 Å². The predicted octanol–water partition coefficient (Wildman–Crippen LogP) is 3.06. The summed E-state index contributed by atoms with van der Waals surface area (Å²) in [5.41, 5.74) is 3.81. The van der Waals surface area contributed by atoms with Crippen molar-refractivity contribution in [3.05, 3.63) is 60.0 Å². The molecule has 2 aromatic carbocycles. The first kappa shape index (κ1) is 15.2. The van der Waals surface area contributed by atoms with Gasteiger partial charge in [-0.25, -0.2) is 0 Å². The normalized spacial score (nSPS) is 13.4. The van der Waals surface area contributed by atoms with E-state index in [1.807, 2.05) is 18.2 Å². The van der Waals surface area contributed by atoms with Crippen LogP contribution >= 0.6 is 0 Å². The minimum atomic E-state index is 0.474. The van der Waals surface area contributed by atoms with E-state index < -0.39 is 0 Å². The first-order valence-electron chi connectivity index (χ1n) is 8.12. The molecular formula is C19H17N5O. The van der Waals surface area contributed by atoms with Gasteiger partial charge in [-0.1, -0.05) is 12.1 Å². The van der Waals surface area contributed by atoms with Crippen LogP contribution < -0.4 is 9.80 Å². The Kier molecular flexibility index (Phi) is 3.82. The highest BCUT2D eigenvalue weighted by Crippen LogP contribution is 2.32. The number of benzene rings is 2. The van der Waals surface area contributed by atoms with Crippen LogP contribution in [0.2, 0.25) is 0 Å². The Morgan fingerprint density at radius 2 is 1.80 bits per heavy atom. The Balaban J connectivity index is 1.56. The van der Waals surface area contributed by atoms with Crippen LogP contribution in [0, 0.1) is 11.3 Å². The molecule has 0 radical (unpaired) electrons. The average molecular weight is 331 g/mol. The summed E-state index contributed by atoms with van der Waals surface area (Å²) in [6.07, 6.45) is 0. The van der Waals surface area contributed by atoms with Crippen LogP contribution in [0.1, 0.15) is 11.5 Å². The van der Waals surface area contributed by atoms with E-state index in [0.29, 0.717) is 23.9 Å². The summed E-state index contributed by atoms with van der Waals surface area (Å²) in [5.74, 6) is 1.06. The Labute approximate surface area is 145 Å². The largest absolute Gasteiger partial charge is 0.419 e. The van der Waals surface area contributed by atoms with Gasteiger partial charge in [0.1, 0.15) is 0 Å². The van der Waals surface area contributed by atoms with E-state index in [0.717, 1.165) is 18.7 Å². The third-order valence-electron chi connectivity index (χ3n) is 4.39. The molecule has 6 heteroatoms. The van der Waals surface area contributed by atoms with Crippen LogP contribution in [0.15, 0.2) is 52.9 Å². The Morgan fingerprint density at radius 3 is 2.56 bits per heavy atom. The van der Waals surface area contributed by atoms with Crippen LogP contribution in [0.3, 0.4) is 0 Å². The summed E-state index contributed by atoms with van der Waals surface area (Å²) in [7, 11) is 2.10. The number of likely N-dealkylation sites (N-methyl/N-ethyl adjacent to an activating group) is 1. The second kappa shape index (κ2) is 6.29. The quantitative estimate of drug-likeness (QED) is 0.735. The van der Waals surface area contributed by atoms with Gasteiger partial charge in [0.15, 0.2) is 0 Å². The molecule has 1 aliphatic rings. The van der Waals surface area contributed by atoms with Gasteiger partial charge in [0.2, 0.25) is 11.8 Å². The first-order valence-corrected chi connectivity index (χ1v) is 8.12. The molecule has 0 fully saturated rings. The molecule has 0 saturated carbocycles. The predicted molar refractivity (Wildman–Crippen MR) is 95.2 cm³/mol. The Morgan fingerprint density at radius 1 is 1.04 bits per heavy atom. The zero-order valence-corrected chi connectivity index (χ0v) is 13.9. The van der Waals surface area contributed by atoms with Crippen molar-refractivity contribution in [3.63, 3.8) is 0 Å². The van der Waals surface area contributed by atoms with E-state index >= 15 is 0 Å². The van der Waals surface area contributed by atoms with E-state index in [1.54, 1.807) is 12.1 Å². The molecule has 0 N–H and O–H groups in total. The van der Waals surface area contributed by atoms with Crippen LogP contribution in [0.25, 0.3) is 11.5 Å². The Bertz CT molecular complexity index is 925. The number of hydrogen-bond acceptors (Lipinski definition) is 6. The lowest BCUT2D eigenvalue weighted by Gasteiger charge is -2.36. The standard InChI is InChI=1S/C19H17N5O/c1-23-10-11-24(17-5-3-2-4-16(17)23)13-18-21-22-19(25-18)15-8-6-14(12-20)7-9-15/h2-9H,10-11,13H2,1H3. The Hall–Kier alpha value is -3.33. The third-order valence-corrected chi connectivity index (χ3v) is 4.39. The highest BCUT2D eigenvalue weighted by atomic mass is 16.4. The summed E-state index contributed by atoms with van der Waals surface area (Å²) in [5, 5.41) is 17.2. The van der Waals surface area contributed by atoms with Gasteiger partial charge in [0.25, 0.3) is 0 Å². The number of nitrogens with zero attached hydrogens (tertiary/aromatic N) is 5. The molecule has 2 heterocycles. The van der Waals surface area contributed by atoms with Gasteiger partial charge in [-0.05, 0) is 36.4 Å². The maximum absolute atomic E-state index is 8.87. The molecule has 124 valence electrons. The number of fused-ring (bicyclic) bond motifs is 1. The number of anilines is 2. The molecule has 0 bridgehead atoms.